The summed E-state index contributed by atoms with van der Waals surface area (Å²) in [5, 5.41) is 12.1. The van der Waals surface area contributed by atoms with Crippen molar-refractivity contribution in [2.75, 3.05) is 12.3 Å². The first-order valence-corrected chi connectivity index (χ1v) is 11.9. The maximum Gasteiger partial charge on any atom is 0.277 e. The molecule has 1 heterocycles. The third kappa shape index (κ3) is 3.92. The summed E-state index contributed by atoms with van der Waals surface area (Å²) < 4.78 is 5.81. The Hall–Kier alpha value is -1.04. The lowest BCUT2D eigenvalue weighted by atomic mass is 9.49. The fraction of sp³-hybridized carbons (Fsp3) is 0.857. The minimum Gasteiger partial charge on any atom is -0.416 e. The average molecular weight is 390 g/mol. The van der Waals surface area contributed by atoms with E-state index in [0.717, 1.165) is 43.0 Å². The molecule has 5 fully saturated rings. The van der Waals surface area contributed by atoms with Crippen molar-refractivity contribution < 1.29 is 9.21 Å². The number of carbonyl (C=O) groups is 1. The molecule has 0 atom stereocenters. The second kappa shape index (κ2) is 7.41. The maximum atomic E-state index is 12.4. The minimum absolute atomic E-state index is 0.105. The monoisotopic (exact) mass is 389 g/mol. The van der Waals surface area contributed by atoms with Gasteiger partial charge in [0.25, 0.3) is 5.22 Å². The summed E-state index contributed by atoms with van der Waals surface area (Å²) in [5.41, 5.74) is 0.397. The fourth-order valence-electron chi connectivity index (χ4n) is 6.76. The van der Waals surface area contributed by atoms with Gasteiger partial charge in [0.2, 0.25) is 11.8 Å². The SMILES string of the molecule is O=C(CSc1nnc(C2CCCCC2)o1)NCC12CC3CC(CC(C3)C1)C2. The van der Waals surface area contributed by atoms with Crippen molar-refractivity contribution in [1.82, 2.24) is 15.5 Å². The molecule has 0 unspecified atom stereocenters. The van der Waals surface area contributed by atoms with Gasteiger partial charge in [-0.3, -0.25) is 4.79 Å². The summed E-state index contributed by atoms with van der Waals surface area (Å²) in [4.78, 5) is 12.4. The highest BCUT2D eigenvalue weighted by atomic mass is 32.2. The highest BCUT2D eigenvalue weighted by Gasteiger charge is 2.50. The van der Waals surface area contributed by atoms with Crippen LogP contribution in [0.5, 0.6) is 0 Å². The molecule has 1 aromatic heterocycles. The van der Waals surface area contributed by atoms with Gasteiger partial charge < -0.3 is 9.73 Å². The van der Waals surface area contributed by atoms with E-state index in [1.165, 1.54) is 69.5 Å². The predicted octanol–water partition coefficient (Wildman–Crippen LogP) is 4.54. The molecule has 0 spiro atoms. The van der Waals surface area contributed by atoms with Crippen LogP contribution in [0.3, 0.4) is 0 Å². The maximum absolute atomic E-state index is 12.4. The molecule has 1 amide bonds. The van der Waals surface area contributed by atoms with Crippen molar-refractivity contribution in [2.24, 2.45) is 23.2 Å². The zero-order valence-corrected chi connectivity index (χ0v) is 16.9. The van der Waals surface area contributed by atoms with Gasteiger partial charge in [-0.25, -0.2) is 0 Å². The van der Waals surface area contributed by atoms with E-state index in [2.05, 4.69) is 15.5 Å². The van der Waals surface area contributed by atoms with Crippen LogP contribution in [0.1, 0.15) is 82.4 Å². The first-order valence-electron chi connectivity index (χ1n) is 10.9. The van der Waals surface area contributed by atoms with Crippen LogP contribution in [0.15, 0.2) is 9.64 Å². The van der Waals surface area contributed by atoms with Crippen LogP contribution in [0.4, 0.5) is 0 Å². The number of hydrogen-bond donors (Lipinski definition) is 1. The van der Waals surface area contributed by atoms with Crippen LogP contribution in [0.2, 0.25) is 0 Å². The van der Waals surface area contributed by atoms with Gasteiger partial charge in [-0.2, -0.15) is 0 Å². The fourth-order valence-corrected chi connectivity index (χ4v) is 7.36. The molecular formula is C21H31N3O2S. The van der Waals surface area contributed by atoms with Crippen LogP contribution in [-0.2, 0) is 4.79 Å². The van der Waals surface area contributed by atoms with Crippen LogP contribution in [-0.4, -0.2) is 28.4 Å². The second-order valence-electron chi connectivity index (χ2n) is 9.72. The molecule has 0 saturated heterocycles. The van der Waals surface area contributed by atoms with Gasteiger partial charge in [0, 0.05) is 12.5 Å². The number of nitrogens with zero attached hydrogens (tertiary/aromatic N) is 2. The standard InChI is InChI=1S/C21H31N3O2S/c25-18(12-27-20-24-23-19(26-20)17-4-2-1-3-5-17)22-13-21-9-14-6-15(10-21)8-16(7-14)11-21/h14-17H,1-13H2,(H,22,25). The lowest BCUT2D eigenvalue weighted by molar-refractivity contribution is -0.120. The molecule has 148 valence electrons. The summed E-state index contributed by atoms with van der Waals surface area (Å²) in [6.07, 6.45) is 14.5. The van der Waals surface area contributed by atoms with Crippen molar-refractivity contribution in [3.8, 4) is 0 Å². The molecule has 6 heteroatoms. The number of rotatable bonds is 6. The zero-order chi connectivity index (χ0) is 18.3. The lowest BCUT2D eigenvalue weighted by Gasteiger charge is -2.56. The average Bonchev–Trinajstić information content (AvgIpc) is 3.14. The van der Waals surface area contributed by atoms with Crippen molar-refractivity contribution in [3.05, 3.63) is 5.89 Å². The van der Waals surface area contributed by atoms with E-state index < -0.39 is 0 Å². The topological polar surface area (TPSA) is 68.0 Å². The molecule has 4 bridgehead atoms. The van der Waals surface area contributed by atoms with Gasteiger partial charge in [0.05, 0.1) is 5.75 Å². The van der Waals surface area contributed by atoms with Gasteiger partial charge in [-0.05, 0) is 74.5 Å². The Morgan fingerprint density at radius 2 is 1.70 bits per heavy atom. The van der Waals surface area contributed by atoms with Gasteiger partial charge in [0.1, 0.15) is 0 Å². The molecule has 5 aliphatic carbocycles. The number of hydrogen-bond acceptors (Lipinski definition) is 5. The first-order chi connectivity index (χ1) is 13.2. The third-order valence-electron chi connectivity index (χ3n) is 7.53. The van der Waals surface area contributed by atoms with E-state index in [4.69, 9.17) is 4.42 Å². The largest absolute Gasteiger partial charge is 0.416 e. The summed E-state index contributed by atoms with van der Waals surface area (Å²) in [6, 6.07) is 0. The van der Waals surface area contributed by atoms with Gasteiger partial charge in [-0.1, -0.05) is 31.0 Å². The normalized spacial score (nSPS) is 35.5. The van der Waals surface area contributed by atoms with Crippen LogP contribution < -0.4 is 5.32 Å². The Labute approximate surface area is 165 Å². The number of amides is 1. The van der Waals surface area contributed by atoms with E-state index in [1.807, 2.05) is 0 Å². The van der Waals surface area contributed by atoms with Crippen molar-refractivity contribution in [2.45, 2.75) is 81.8 Å². The smallest absolute Gasteiger partial charge is 0.277 e. The van der Waals surface area contributed by atoms with Gasteiger partial charge in [-0.15, -0.1) is 10.2 Å². The Morgan fingerprint density at radius 1 is 1.04 bits per heavy atom. The summed E-state index contributed by atoms with van der Waals surface area (Å²) in [5.74, 6) is 4.46. The van der Waals surface area contributed by atoms with Crippen molar-refractivity contribution in [1.29, 1.82) is 0 Å². The molecular weight excluding hydrogens is 358 g/mol. The van der Waals surface area contributed by atoms with Crippen molar-refractivity contribution in [3.63, 3.8) is 0 Å². The van der Waals surface area contributed by atoms with Crippen LogP contribution in [0, 0.1) is 23.2 Å². The number of nitrogens with one attached hydrogen (secondary N) is 1. The third-order valence-corrected chi connectivity index (χ3v) is 8.35. The van der Waals surface area contributed by atoms with E-state index >= 15 is 0 Å². The molecule has 0 radical (unpaired) electrons. The highest BCUT2D eigenvalue weighted by molar-refractivity contribution is 7.99. The first kappa shape index (κ1) is 18.0. The predicted molar refractivity (Wildman–Crippen MR) is 104 cm³/mol. The number of carbonyl (C=O) groups excluding carboxylic acids is 1. The molecule has 27 heavy (non-hydrogen) atoms. The van der Waals surface area contributed by atoms with E-state index in [0.29, 0.717) is 22.3 Å². The molecule has 0 aromatic carbocycles. The molecule has 5 nitrogen and oxygen atoms in total. The summed E-state index contributed by atoms with van der Waals surface area (Å²) >= 11 is 1.38. The number of thioether (sulfide) groups is 1. The van der Waals surface area contributed by atoms with Crippen LogP contribution in [0.25, 0.3) is 0 Å². The molecule has 6 rings (SSSR count). The Kier molecular flexibility index (Phi) is 4.95. The van der Waals surface area contributed by atoms with Crippen molar-refractivity contribution >= 4 is 17.7 Å². The van der Waals surface area contributed by atoms with E-state index in [-0.39, 0.29) is 5.91 Å². The molecule has 5 saturated carbocycles. The van der Waals surface area contributed by atoms with Gasteiger partial charge in [0.15, 0.2) is 0 Å². The number of aromatic nitrogens is 2. The van der Waals surface area contributed by atoms with E-state index in [1.54, 1.807) is 0 Å². The highest BCUT2D eigenvalue weighted by Crippen LogP contribution is 2.59. The Bertz CT molecular complexity index is 647. The Morgan fingerprint density at radius 3 is 2.37 bits per heavy atom. The minimum atomic E-state index is 0.105. The van der Waals surface area contributed by atoms with Crippen LogP contribution >= 0.6 is 11.8 Å². The quantitative estimate of drug-likeness (QED) is 0.723. The lowest BCUT2D eigenvalue weighted by Crippen LogP contribution is -2.51. The molecule has 0 aliphatic heterocycles. The summed E-state index contributed by atoms with van der Waals surface area (Å²) in [7, 11) is 0. The summed E-state index contributed by atoms with van der Waals surface area (Å²) in [6.45, 7) is 0.868. The molecule has 1 aromatic rings. The second-order valence-corrected chi connectivity index (χ2v) is 10.7. The van der Waals surface area contributed by atoms with E-state index in [9.17, 15) is 4.79 Å². The zero-order valence-electron chi connectivity index (χ0n) is 16.1. The molecule has 5 aliphatic rings. The molecule has 1 N–H and O–H groups in total. The Balaban J connectivity index is 1.10. The van der Waals surface area contributed by atoms with Gasteiger partial charge >= 0.3 is 0 Å².